The molecule has 0 aromatic carbocycles. The molecule has 5 heteroatoms. The Kier molecular flexibility index (Phi) is 3.21. The first kappa shape index (κ1) is 10.1. The van der Waals surface area contributed by atoms with Crippen molar-refractivity contribution in [1.29, 1.82) is 0 Å². The second kappa shape index (κ2) is 4.43. The van der Waals surface area contributed by atoms with Crippen molar-refractivity contribution in [2.45, 2.75) is 25.4 Å². The van der Waals surface area contributed by atoms with Gasteiger partial charge in [-0.1, -0.05) is 23.2 Å². The molecule has 0 aliphatic carbocycles. The summed E-state index contributed by atoms with van der Waals surface area (Å²) in [7, 11) is 0. The predicted molar refractivity (Wildman–Crippen MR) is 54.6 cm³/mol. The highest BCUT2D eigenvalue weighted by Crippen LogP contribution is 2.26. The standard InChI is InChI=1S/C9H10Cl2N2O/c10-7-5-8(11)13-9(12-7)6-3-1-2-4-14-6/h5-6H,1-4H2. The van der Waals surface area contributed by atoms with Crippen LogP contribution in [0.3, 0.4) is 0 Å². The topological polar surface area (TPSA) is 35.0 Å². The van der Waals surface area contributed by atoms with Crippen LogP contribution in [0.25, 0.3) is 0 Å². The molecule has 1 fully saturated rings. The van der Waals surface area contributed by atoms with Gasteiger partial charge in [-0.3, -0.25) is 0 Å². The van der Waals surface area contributed by atoms with E-state index < -0.39 is 0 Å². The molecule has 2 rings (SSSR count). The molecule has 0 bridgehead atoms. The first-order valence-corrected chi connectivity index (χ1v) is 5.33. The summed E-state index contributed by atoms with van der Waals surface area (Å²) in [5, 5.41) is 0.739. The number of nitrogens with zero attached hydrogens (tertiary/aromatic N) is 2. The summed E-state index contributed by atoms with van der Waals surface area (Å²) < 4.78 is 5.53. The molecule has 1 aromatic rings. The van der Waals surface area contributed by atoms with Crippen molar-refractivity contribution >= 4 is 23.2 Å². The number of hydrogen-bond donors (Lipinski definition) is 0. The maximum absolute atomic E-state index is 5.78. The zero-order valence-corrected chi connectivity index (χ0v) is 9.05. The lowest BCUT2D eigenvalue weighted by Crippen LogP contribution is -2.14. The van der Waals surface area contributed by atoms with Gasteiger partial charge in [0.1, 0.15) is 16.4 Å². The molecule has 0 spiro atoms. The van der Waals surface area contributed by atoms with Crippen LogP contribution in [0.4, 0.5) is 0 Å². The van der Waals surface area contributed by atoms with Crippen LogP contribution in [-0.4, -0.2) is 16.6 Å². The SMILES string of the molecule is Clc1cc(Cl)nc(C2CCCCO2)n1. The van der Waals surface area contributed by atoms with Gasteiger partial charge in [0.2, 0.25) is 0 Å². The van der Waals surface area contributed by atoms with Crippen LogP contribution >= 0.6 is 23.2 Å². The van der Waals surface area contributed by atoms with Crippen LogP contribution < -0.4 is 0 Å². The largest absolute Gasteiger partial charge is 0.370 e. The fourth-order valence-corrected chi connectivity index (χ4v) is 1.93. The predicted octanol–water partition coefficient (Wildman–Crippen LogP) is 3.03. The summed E-state index contributed by atoms with van der Waals surface area (Å²) in [4.78, 5) is 8.21. The first-order valence-electron chi connectivity index (χ1n) is 4.57. The van der Waals surface area contributed by atoms with Crippen LogP contribution in [0.1, 0.15) is 31.2 Å². The maximum Gasteiger partial charge on any atom is 0.160 e. The quantitative estimate of drug-likeness (QED) is 0.699. The van der Waals surface area contributed by atoms with Crippen LogP contribution in [0.2, 0.25) is 10.3 Å². The summed E-state index contributed by atoms with van der Waals surface area (Å²) in [6.07, 6.45) is 3.14. The first-order chi connectivity index (χ1) is 6.75. The Morgan fingerprint density at radius 1 is 1.21 bits per heavy atom. The lowest BCUT2D eigenvalue weighted by atomic mass is 10.1. The molecular formula is C9H10Cl2N2O. The molecule has 1 saturated heterocycles. The van der Waals surface area contributed by atoms with Gasteiger partial charge in [0.25, 0.3) is 0 Å². The monoisotopic (exact) mass is 232 g/mol. The van der Waals surface area contributed by atoms with Gasteiger partial charge in [0.05, 0.1) is 0 Å². The number of ether oxygens (including phenoxy) is 1. The average molecular weight is 233 g/mol. The molecule has 0 radical (unpaired) electrons. The van der Waals surface area contributed by atoms with Gasteiger partial charge in [0, 0.05) is 12.7 Å². The lowest BCUT2D eigenvalue weighted by Gasteiger charge is -2.21. The van der Waals surface area contributed by atoms with E-state index in [1.165, 1.54) is 6.07 Å². The highest BCUT2D eigenvalue weighted by Gasteiger charge is 2.19. The van der Waals surface area contributed by atoms with Crippen molar-refractivity contribution in [2.24, 2.45) is 0 Å². The zero-order valence-electron chi connectivity index (χ0n) is 7.54. The van der Waals surface area contributed by atoms with Crippen molar-refractivity contribution in [3.63, 3.8) is 0 Å². The molecule has 0 amide bonds. The van der Waals surface area contributed by atoms with E-state index in [1.807, 2.05) is 0 Å². The average Bonchev–Trinajstić information content (AvgIpc) is 2.18. The van der Waals surface area contributed by atoms with Gasteiger partial charge in [-0.2, -0.15) is 0 Å². The van der Waals surface area contributed by atoms with Gasteiger partial charge >= 0.3 is 0 Å². The number of halogens is 2. The van der Waals surface area contributed by atoms with Crippen LogP contribution in [0.15, 0.2) is 6.07 Å². The fourth-order valence-electron chi connectivity index (χ4n) is 1.50. The number of hydrogen-bond acceptors (Lipinski definition) is 3. The normalized spacial score (nSPS) is 22.3. The molecule has 1 aliphatic rings. The van der Waals surface area contributed by atoms with Gasteiger partial charge in [-0.15, -0.1) is 0 Å². The molecule has 1 unspecified atom stereocenters. The summed E-state index contributed by atoms with van der Waals surface area (Å²) in [6.45, 7) is 0.762. The molecule has 2 heterocycles. The lowest BCUT2D eigenvalue weighted by molar-refractivity contribution is 0.00945. The van der Waals surface area contributed by atoms with Gasteiger partial charge < -0.3 is 4.74 Å². The van der Waals surface area contributed by atoms with Crippen LogP contribution in [-0.2, 0) is 4.74 Å². The molecule has 76 valence electrons. The van der Waals surface area contributed by atoms with E-state index in [0.717, 1.165) is 25.9 Å². The second-order valence-corrected chi connectivity index (χ2v) is 4.00. The Balaban J connectivity index is 2.21. The minimum absolute atomic E-state index is 0.0417. The minimum atomic E-state index is -0.0417. The highest BCUT2D eigenvalue weighted by molar-refractivity contribution is 6.33. The second-order valence-electron chi connectivity index (χ2n) is 3.23. The molecule has 0 N–H and O–H groups in total. The summed E-state index contributed by atoms with van der Waals surface area (Å²) in [6, 6.07) is 1.52. The van der Waals surface area contributed by atoms with E-state index in [0.29, 0.717) is 16.1 Å². The van der Waals surface area contributed by atoms with E-state index in [4.69, 9.17) is 27.9 Å². The van der Waals surface area contributed by atoms with Crippen molar-refractivity contribution < 1.29 is 4.74 Å². The Morgan fingerprint density at radius 2 is 1.93 bits per heavy atom. The van der Waals surface area contributed by atoms with Crippen molar-refractivity contribution in [1.82, 2.24) is 9.97 Å². The van der Waals surface area contributed by atoms with Gasteiger partial charge in [-0.05, 0) is 19.3 Å². The summed E-state index contributed by atoms with van der Waals surface area (Å²) in [5.41, 5.74) is 0. The molecule has 14 heavy (non-hydrogen) atoms. The molecule has 0 saturated carbocycles. The molecule has 1 atom stereocenters. The van der Waals surface area contributed by atoms with E-state index in [1.54, 1.807) is 0 Å². The van der Waals surface area contributed by atoms with Crippen LogP contribution in [0, 0.1) is 0 Å². The van der Waals surface area contributed by atoms with Crippen molar-refractivity contribution in [3.05, 3.63) is 22.2 Å². The Bertz CT molecular complexity index is 306. The van der Waals surface area contributed by atoms with Crippen molar-refractivity contribution in [2.75, 3.05) is 6.61 Å². The highest BCUT2D eigenvalue weighted by atomic mass is 35.5. The molecule has 1 aliphatic heterocycles. The number of aromatic nitrogens is 2. The van der Waals surface area contributed by atoms with E-state index in [9.17, 15) is 0 Å². The van der Waals surface area contributed by atoms with Crippen LogP contribution in [0.5, 0.6) is 0 Å². The van der Waals surface area contributed by atoms with Gasteiger partial charge in [0.15, 0.2) is 5.82 Å². The summed E-state index contributed by atoms with van der Waals surface area (Å²) >= 11 is 11.6. The zero-order chi connectivity index (χ0) is 9.97. The van der Waals surface area contributed by atoms with E-state index in [2.05, 4.69) is 9.97 Å². The Morgan fingerprint density at radius 3 is 2.50 bits per heavy atom. The third kappa shape index (κ3) is 2.35. The molecule has 1 aromatic heterocycles. The van der Waals surface area contributed by atoms with Crippen molar-refractivity contribution in [3.8, 4) is 0 Å². The van der Waals surface area contributed by atoms with E-state index in [-0.39, 0.29) is 6.10 Å². The fraction of sp³-hybridized carbons (Fsp3) is 0.556. The van der Waals surface area contributed by atoms with E-state index >= 15 is 0 Å². The Labute approximate surface area is 92.4 Å². The molecule has 3 nitrogen and oxygen atoms in total. The molecular weight excluding hydrogens is 223 g/mol. The Hall–Kier alpha value is -0.380. The smallest absolute Gasteiger partial charge is 0.160 e. The third-order valence-electron chi connectivity index (χ3n) is 2.15. The maximum atomic E-state index is 5.78. The number of rotatable bonds is 1. The summed E-state index contributed by atoms with van der Waals surface area (Å²) in [5.74, 6) is 0.599. The van der Waals surface area contributed by atoms with Gasteiger partial charge in [-0.25, -0.2) is 9.97 Å². The minimum Gasteiger partial charge on any atom is -0.370 e. The third-order valence-corrected chi connectivity index (χ3v) is 2.54.